The van der Waals surface area contributed by atoms with E-state index in [2.05, 4.69) is 17.0 Å². The number of hydrogen-bond donors (Lipinski definition) is 2. The summed E-state index contributed by atoms with van der Waals surface area (Å²) in [7, 11) is -3.19. The molecule has 18 heavy (non-hydrogen) atoms. The third-order valence-electron chi connectivity index (χ3n) is 2.53. The molecule has 102 valence electrons. The average molecular weight is 270 g/mol. The zero-order valence-corrected chi connectivity index (χ0v) is 11.9. The second-order valence-corrected chi connectivity index (χ2v) is 6.06. The van der Waals surface area contributed by atoms with Crippen LogP contribution in [0.4, 0.5) is 0 Å². The van der Waals surface area contributed by atoms with Gasteiger partial charge in [-0.15, -0.1) is 0 Å². The van der Waals surface area contributed by atoms with Crippen LogP contribution in [0.3, 0.4) is 0 Å². The van der Waals surface area contributed by atoms with Gasteiger partial charge < -0.3 is 5.32 Å². The van der Waals surface area contributed by atoms with Gasteiger partial charge in [0.2, 0.25) is 10.0 Å². The van der Waals surface area contributed by atoms with Gasteiger partial charge in [0.25, 0.3) is 0 Å². The predicted molar refractivity (Wildman–Crippen MR) is 74.7 cm³/mol. The fourth-order valence-corrected chi connectivity index (χ4v) is 2.80. The smallest absolute Gasteiger partial charge is 0.215 e. The molecule has 0 saturated heterocycles. The van der Waals surface area contributed by atoms with Crippen molar-refractivity contribution in [3.8, 4) is 0 Å². The molecular weight excluding hydrogens is 248 g/mol. The van der Waals surface area contributed by atoms with E-state index in [0.717, 1.165) is 25.1 Å². The second kappa shape index (κ2) is 7.51. The lowest BCUT2D eigenvalue weighted by atomic mass is 10.1. The van der Waals surface area contributed by atoms with E-state index in [9.17, 15) is 8.42 Å². The molecule has 2 N–H and O–H groups in total. The van der Waals surface area contributed by atoms with Crippen LogP contribution < -0.4 is 10.0 Å². The van der Waals surface area contributed by atoms with Gasteiger partial charge in [-0.1, -0.05) is 38.1 Å². The molecule has 0 aliphatic carbocycles. The molecule has 0 bridgehead atoms. The molecule has 0 aliphatic rings. The first-order valence-corrected chi connectivity index (χ1v) is 7.98. The fraction of sp³-hybridized carbons (Fsp3) is 0.538. The van der Waals surface area contributed by atoms with Crippen molar-refractivity contribution in [2.75, 3.05) is 13.1 Å². The second-order valence-electron chi connectivity index (χ2n) is 4.25. The molecule has 0 radical (unpaired) electrons. The normalized spacial score (nSPS) is 11.7. The van der Waals surface area contributed by atoms with Crippen LogP contribution in [0.2, 0.25) is 0 Å². The summed E-state index contributed by atoms with van der Waals surface area (Å²) in [4.78, 5) is 0. The molecule has 0 aliphatic heterocycles. The molecule has 0 amide bonds. The Morgan fingerprint density at radius 3 is 2.22 bits per heavy atom. The van der Waals surface area contributed by atoms with Crippen LogP contribution in [0.25, 0.3) is 0 Å². The number of rotatable bonds is 8. The standard InChI is InChI=1S/C13H22N2O2S/c1-3-9-15-18(16,17)11-13-7-5-12(6-8-13)10-14-4-2/h5-8,14-15H,3-4,9-11H2,1-2H3. The maximum Gasteiger partial charge on any atom is 0.215 e. The minimum atomic E-state index is -3.19. The zero-order valence-electron chi connectivity index (χ0n) is 11.1. The van der Waals surface area contributed by atoms with E-state index in [1.165, 1.54) is 5.56 Å². The fourth-order valence-electron chi connectivity index (χ4n) is 1.55. The van der Waals surface area contributed by atoms with Gasteiger partial charge in [0, 0.05) is 13.1 Å². The van der Waals surface area contributed by atoms with Gasteiger partial charge in [0.1, 0.15) is 0 Å². The van der Waals surface area contributed by atoms with Crippen LogP contribution in [0.5, 0.6) is 0 Å². The summed E-state index contributed by atoms with van der Waals surface area (Å²) in [5.74, 6) is 0.0501. The van der Waals surface area contributed by atoms with Crippen molar-refractivity contribution in [1.82, 2.24) is 10.0 Å². The number of sulfonamides is 1. The summed E-state index contributed by atoms with van der Waals surface area (Å²) in [6, 6.07) is 7.68. The minimum absolute atomic E-state index is 0.0501. The third-order valence-corrected chi connectivity index (χ3v) is 3.89. The molecule has 4 nitrogen and oxygen atoms in total. The summed E-state index contributed by atoms with van der Waals surface area (Å²) in [6.07, 6.45) is 0.806. The molecule has 0 fully saturated rings. The number of hydrogen-bond acceptors (Lipinski definition) is 3. The first-order chi connectivity index (χ1) is 8.57. The van der Waals surface area contributed by atoms with Crippen LogP contribution in [-0.4, -0.2) is 21.5 Å². The van der Waals surface area contributed by atoms with Gasteiger partial charge in [0.15, 0.2) is 0 Å². The van der Waals surface area contributed by atoms with Crippen molar-refractivity contribution < 1.29 is 8.42 Å². The molecule has 0 saturated carbocycles. The largest absolute Gasteiger partial charge is 0.313 e. The van der Waals surface area contributed by atoms with E-state index in [1.54, 1.807) is 0 Å². The predicted octanol–water partition coefficient (Wildman–Crippen LogP) is 1.63. The topological polar surface area (TPSA) is 58.2 Å². The first kappa shape index (κ1) is 15.1. The van der Waals surface area contributed by atoms with E-state index in [1.807, 2.05) is 31.2 Å². The highest BCUT2D eigenvalue weighted by Gasteiger charge is 2.09. The summed E-state index contributed by atoms with van der Waals surface area (Å²) in [5, 5.41) is 3.23. The lowest BCUT2D eigenvalue weighted by Gasteiger charge is -2.07. The Labute approximate surface area is 110 Å². The van der Waals surface area contributed by atoms with E-state index in [-0.39, 0.29) is 5.75 Å². The van der Waals surface area contributed by atoms with E-state index in [4.69, 9.17) is 0 Å². The Bertz CT molecular complexity index is 441. The van der Waals surface area contributed by atoms with Crippen LogP contribution in [0.15, 0.2) is 24.3 Å². The molecule has 0 heterocycles. The quantitative estimate of drug-likeness (QED) is 0.755. The maximum atomic E-state index is 11.7. The molecule has 0 spiro atoms. The highest BCUT2D eigenvalue weighted by atomic mass is 32.2. The first-order valence-electron chi connectivity index (χ1n) is 6.33. The highest BCUT2D eigenvalue weighted by molar-refractivity contribution is 7.88. The van der Waals surface area contributed by atoms with Crippen molar-refractivity contribution in [2.24, 2.45) is 0 Å². The summed E-state index contributed by atoms with van der Waals surface area (Å²) in [6.45, 7) is 6.24. The molecule has 0 unspecified atom stereocenters. The lowest BCUT2D eigenvalue weighted by Crippen LogP contribution is -2.25. The Kier molecular flexibility index (Phi) is 6.32. The summed E-state index contributed by atoms with van der Waals surface area (Å²) < 4.78 is 26.0. The molecular formula is C13H22N2O2S. The lowest BCUT2D eigenvalue weighted by molar-refractivity contribution is 0.580. The Hall–Kier alpha value is -0.910. The van der Waals surface area contributed by atoms with E-state index >= 15 is 0 Å². The Morgan fingerprint density at radius 2 is 1.67 bits per heavy atom. The van der Waals surface area contributed by atoms with Crippen LogP contribution in [0, 0.1) is 0 Å². The highest BCUT2D eigenvalue weighted by Crippen LogP contribution is 2.07. The number of nitrogens with one attached hydrogen (secondary N) is 2. The van der Waals surface area contributed by atoms with Crippen LogP contribution in [-0.2, 0) is 22.3 Å². The van der Waals surface area contributed by atoms with Crippen molar-refractivity contribution in [3.05, 3.63) is 35.4 Å². The Balaban J connectivity index is 2.57. The van der Waals surface area contributed by atoms with Crippen molar-refractivity contribution >= 4 is 10.0 Å². The van der Waals surface area contributed by atoms with Crippen molar-refractivity contribution in [3.63, 3.8) is 0 Å². The van der Waals surface area contributed by atoms with Gasteiger partial charge in [-0.05, 0) is 24.1 Å². The van der Waals surface area contributed by atoms with Crippen LogP contribution >= 0.6 is 0 Å². The average Bonchev–Trinajstić information content (AvgIpc) is 2.35. The van der Waals surface area contributed by atoms with Crippen LogP contribution in [0.1, 0.15) is 31.4 Å². The molecule has 1 aromatic carbocycles. The monoisotopic (exact) mass is 270 g/mol. The van der Waals surface area contributed by atoms with Gasteiger partial charge in [-0.25, -0.2) is 13.1 Å². The Morgan fingerprint density at radius 1 is 1.06 bits per heavy atom. The van der Waals surface area contributed by atoms with Gasteiger partial charge in [0.05, 0.1) is 5.75 Å². The maximum absolute atomic E-state index is 11.7. The van der Waals surface area contributed by atoms with Gasteiger partial charge in [-0.3, -0.25) is 0 Å². The van der Waals surface area contributed by atoms with Gasteiger partial charge >= 0.3 is 0 Å². The molecule has 0 aromatic heterocycles. The molecule has 1 rings (SSSR count). The van der Waals surface area contributed by atoms with E-state index < -0.39 is 10.0 Å². The molecule has 1 aromatic rings. The third kappa shape index (κ3) is 5.62. The van der Waals surface area contributed by atoms with Gasteiger partial charge in [-0.2, -0.15) is 0 Å². The SMILES string of the molecule is CCCNS(=O)(=O)Cc1ccc(CNCC)cc1. The van der Waals surface area contributed by atoms with Crippen molar-refractivity contribution in [1.29, 1.82) is 0 Å². The number of benzene rings is 1. The summed E-state index contributed by atoms with van der Waals surface area (Å²) in [5.41, 5.74) is 1.98. The minimum Gasteiger partial charge on any atom is -0.313 e. The molecule has 5 heteroatoms. The molecule has 0 atom stereocenters. The summed E-state index contributed by atoms with van der Waals surface area (Å²) >= 11 is 0. The zero-order chi connectivity index (χ0) is 13.4. The van der Waals surface area contributed by atoms with E-state index in [0.29, 0.717) is 6.54 Å². The van der Waals surface area contributed by atoms with Crippen molar-refractivity contribution in [2.45, 2.75) is 32.6 Å².